The van der Waals surface area contributed by atoms with Gasteiger partial charge in [0.05, 0.1) is 35.3 Å². The number of hydrogen-bond acceptors (Lipinski definition) is 5. The van der Waals surface area contributed by atoms with E-state index in [1.807, 2.05) is 11.0 Å². The lowest BCUT2D eigenvalue weighted by molar-refractivity contribution is 0.0527. The number of nitrogens with one attached hydrogen (secondary N) is 1. The van der Waals surface area contributed by atoms with Crippen LogP contribution in [0.25, 0.3) is 0 Å². The predicted molar refractivity (Wildman–Crippen MR) is 106 cm³/mol. The summed E-state index contributed by atoms with van der Waals surface area (Å²) >= 11 is 0. The summed E-state index contributed by atoms with van der Waals surface area (Å²) in [5.74, 6) is -0.425. The van der Waals surface area contributed by atoms with Gasteiger partial charge in [0.25, 0.3) is 5.91 Å². The Hall–Kier alpha value is -2.89. The maximum Gasteiger partial charge on any atom is 0.340 e. The highest BCUT2D eigenvalue weighted by atomic mass is 16.5. The monoisotopic (exact) mass is 369 g/mol. The first kappa shape index (κ1) is 20.4. The van der Waals surface area contributed by atoms with Crippen LogP contribution in [0.4, 0.5) is 11.4 Å². The van der Waals surface area contributed by atoms with Crippen LogP contribution in [0.2, 0.25) is 0 Å². The fourth-order valence-electron chi connectivity index (χ4n) is 2.80. The lowest BCUT2D eigenvalue weighted by atomic mass is 10.1. The van der Waals surface area contributed by atoms with E-state index in [4.69, 9.17) is 4.74 Å². The second-order valence-electron chi connectivity index (χ2n) is 6.15. The van der Waals surface area contributed by atoms with Crippen LogP contribution < -0.4 is 5.32 Å². The number of esters is 1. The van der Waals surface area contributed by atoms with Crippen LogP contribution in [0, 0.1) is 0 Å². The maximum atomic E-state index is 12.8. The molecular formula is C21H27N3O3. The van der Waals surface area contributed by atoms with Crippen LogP contribution in [0.15, 0.2) is 42.7 Å². The van der Waals surface area contributed by atoms with Gasteiger partial charge in [-0.1, -0.05) is 26.0 Å². The van der Waals surface area contributed by atoms with Gasteiger partial charge in [-0.15, -0.1) is 0 Å². The summed E-state index contributed by atoms with van der Waals surface area (Å²) in [5, 5.41) is 3.18. The van der Waals surface area contributed by atoms with Crippen molar-refractivity contribution in [1.29, 1.82) is 0 Å². The highest BCUT2D eigenvalue weighted by molar-refractivity contribution is 5.97. The Morgan fingerprint density at radius 1 is 1.07 bits per heavy atom. The molecule has 6 nitrogen and oxygen atoms in total. The molecule has 0 saturated carbocycles. The second kappa shape index (κ2) is 10.3. The van der Waals surface area contributed by atoms with E-state index in [9.17, 15) is 9.59 Å². The van der Waals surface area contributed by atoms with Crippen molar-refractivity contribution in [3.05, 3.63) is 53.9 Å². The summed E-state index contributed by atoms with van der Waals surface area (Å²) in [6, 6.07) is 8.87. The molecule has 0 aliphatic heterocycles. The van der Waals surface area contributed by atoms with Crippen molar-refractivity contribution in [3.8, 4) is 0 Å². The molecule has 0 aliphatic carbocycles. The van der Waals surface area contributed by atoms with E-state index in [1.54, 1.807) is 43.6 Å². The van der Waals surface area contributed by atoms with Crippen LogP contribution in [0.5, 0.6) is 0 Å². The van der Waals surface area contributed by atoms with E-state index >= 15 is 0 Å². The van der Waals surface area contributed by atoms with Gasteiger partial charge in [0.1, 0.15) is 0 Å². The number of aromatic nitrogens is 1. The topological polar surface area (TPSA) is 71.5 Å². The third kappa shape index (κ3) is 5.54. The van der Waals surface area contributed by atoms with Crippen molar-refractivity contribution < 1.29 is 14.3 Å². The van der Waals surface area contributed by atoms with E-state index in [2.05, 4.69) is 24.1 Å². The number of para-hydroxylation sites is 1. The molecule has 1 aromatic heterocycles. The Morgan fingerprint density at radius 2 is 1.78 bits per heavy atom. The molecular weight excluding hydrogens is 342 g/mol. The zero-order valence-corrected chi connectivity index (χ0v) is 16.2. The molecule has 2 rings (SSSR count). The van der Waals surface area contributed by atoms with Gasteiger partial charge in [0.2, 0.25) is 0 Å². The molecule has 1 heterocycles. The summed E-state index contributed by atoms with van der Waals surface area (Å²) < 4.78 is 5.10. The molecule has 0 radical (unpaired) electrons. The van der Waals surface area contributed by atoms with E-state index in [0.717, 1.165) is 25.9 Å². The zero-order chi connectivity index (χ0) is 19.6. The largest absolute Gasteiger partial charge is 0.462 e. The van der Waals surface area contributed by atoms with E-state index in [0.29, 0.717) is 29.1 Å². The Kier molecular flexibility index (Phi) is 7.79. The number of hydrogen-bond donors (Lipinski definition) is 1. The van der Waals surface area contributed by atoms with Gasteiger partial charge in [-0.3, -0.25) is 9.78 Å². The van der Waals surface area contributed by atoms with Crippen molar-refractivity contribution in [1.82, 2.24) is 9.88 Å². The smallest absolute Gasteiger partial charge is 0.340 e. The van der Waals surface area contributed by atoms with Crippen LogP contribution >= 0.6 is 0 Å². The van der Waals surface area contributed by atoms with Crippen molar-refractivity contribution in [3.63, 3.8) is 0 Å². The number of carbonyl (C=O) groups excluding carboxylic acids is 2. The number of anilines is 2. The third-order valence-corrected chi connectivity index (χ3v) is 3.96. The predicted octanol–water partition coefficient (Wildman–Crippen LogP) is 4.26. The van der Waals surface area contributed by atoms with Gasteiger partial charge in [-0.05, 0) is 38.0 Å². The number of rotatable bonds is 9. The average molecular weight is 369 g/mol. The van der Waals surface area contributed by atoms with Crippen LogP contribution in [0.3, 0.4) is 0 Å². The number of carbonyl (C=O) groups is 2. The average Bonchev–Trinajstić information content (AvgIpc) is 2.68. The van der Waals surface area contributed by atoms with Crippen molar-refractivity contribution in [2.75, 3.05) is 25.0 Å². The number of benzene rings is 1. The number of nitrogens with zero attached hydrogens (tertiary/aromatic N) is 2. The lowest BCUT2D eigenvalue weighted by Crippen LogP contribution is -2.32. The van der Waals surface area contributed by atoms with E-state index in [1.165, 1.54) is 0 Å². The summed E-state index contributed by atoms with van der Waals surface area (Å²) in [7, 11) is 0. The Balaban J connectivity index is 2.24. The molecule has 0 fully saturated rings. The first-order valence-electron chi connectivity index (χ1n) is 9.38. The van der Waals surface area contributed by atoms with Gasteiger partial charge in [-0.25, -0.2) is 4.79 Å². The van der Waals surface area contributed by atoms with E-state index in [-0.39, 0.29) is 5.91 Å². The second-order valence-corrected chi connectivity index (χ2v) is 6.15. The number of pyridine rings is 1. The zero-order valence-electron chi connectivity index (χ0n) is 16.2. The summed E-state index contributed by atoms with van der Waals surface area (Å²) in [4.78, 5) is 30.9. The Bertz CT molecular complexity index is 771. The molecule has 0 bridgehead atoms. The first-order valence-corrected chi connectivity index (χ1v) is 9.38. The molecule has 27 heavy (non-hydrogen) atoms. The summed E-state index contributed by atoms with van der Waals surface area (Å²) in [6.07, 6.45) is 5.01. The summed E-state index contributed by atoms with van der Waals surface area (Å²) in [6.45, 7) is 7.62. The minimum Gasteiger partial charge on any atom is -0.462 e. The molecule has 0 aliphatic rings. The van der Waals surface area contributed by atoms with Gasteiger partial charge in [0, 0.05) is 19.3 Å². The van der Waals surface area contributed by atoms with Crippen LogP contribution in [-0.4, -0.2) is 41.5 Å². The minimum absolute atomic E-state index is 0.0338. The standard InChI is InChI=1S/C21H27N3O3/c1-4-11-24(12-5-2)20(25)16-13-17(15-22-14-16)23-19-10-8-7-9-18(19)21(26)27-6-3/h7-10,13-15,23H,4-6,11-12H2,1-3H3. The molecule has 6 heteroatoms. The maximum absolute atomic E-state index is 12.8. The molecule has 2 aromatic rings. The lowest BCUT2D eigenvalue weighted by Gasteiger charge is -2.21. The van der Waals surface area contributed by atoms with E-state index < -0.39 is 5.97 Å². The molecule has 0 spiro atoms. The highest BCUT2D eigenvalue weighted by Crippen LogP contribution is 2.22. The van der Waals surface area contributed by atoms with Gasteiger partial charge in [0.15, 0.2) is 0 Å². The summed E-state index contributed by atoms with van der Waals surface area (Å²) in [5.41, 5.74) is 2.22. The van der Waals surface area contributed by atoms with Crippen LogP contribution in [-0.2, 0) is 4.74 Å². The first-order chi connectivity index (χ1) is 13.1. The van der Waals surface area contributed by atoms with Gasteiger partial charge >= 0.3 is 5.97 Å². The van der Waals surface area contributed by atoms with Crippen molar-refractivity contribution >= 4 is 23.3 Å². The normalized spacial score (nSPS) is 10.3. The minimum atomic E-state index is -0.391. The SMILES string of the molecule is CCCN(CCC)C(=O)c1cncc(Nc2ccccc2C(=O)OCC)c1. The molecule has 1 amide bonds. The molecule has 0 atom stereocenters. The fraction of sp³-hybridized carbons (Fsp3) is 0.381. The molecule has 1 aromatic carbocycles. The number of amides is 1. The van der Waals surface area contributed by atoms with Gasteiger partial charge < -0.3 is 15.0 Å². The molecule has 0 unspecified atom stereocenters. The quantitative estimate of drug-likeness (QED) is 0.669. The third-order valence-electron chi connectivity index (χ3n) is 3.96. The van der Waals surface area contributed by atoms with Crippen molar-refractivity contribution in [2.24, 2.45) is 0 Å². The van der Waals surface area contributed by atoms with Crippen LogP contribution in [0.1, 0.15) is 54.3 Å². The highest BCUT2D eigenvalue weighted by Gasteiger charge is 2.16. The van der Waals surface area contributed by atoms with Gasteiger partial charge in [-0.2, -0.15) is 0 Å². The Morgan fingerprint density at radius 3 is 2.44 bits per heavy atom. The molecule has 144 valence electrons. The number of ether oxygens (including phenoxy) is 1. The fourth-order valence-corrected chi connectivity index (χ4v) is 2.80. The molecule has 0 saturated heterocycles. The Labute approximate surface area is 160 Å². The molecule has 1 N–H and O–H groups in total. The van der Waals surface area contributed by atoms with Crippen molar-refractivity contribution in [2.45, 2.75) is 33.6 Å².